The fraction of sp³-hybridized carbons (Fsp3) is 0.0588. The van der Waals surface area contributed by atoms with Crippen LogP contribution in [0.3, 0.4) is 0 Å². The van der Waals surface area contributed by atoms with Gasteiger partial charge in [0.25, 0.3) is 0 Å². The topological polar surface area (TPSA) is 0 Å². The Bertz CT molecular complexity index is 1900. The molecule has 0 bridgehead atoms. The summed E-state index contributed by atoms with van der Waals surface area (Å²) in [7, 11) is 0. The Morgan fingerprint density at radius 3 is 1.85 bits per heavy atom. The first-order valence-corrected chi connectivity index (χ1v) is 12.2. The molecule has 9 rings (SSSR count). The molecule has 0 radical (unpaired) electrons. The van der Waals surface area contributed by atoms with E-state index in [0.717, 1.165) is 12.8 Å². The van der Waals surface area contributed by atoms with Crippen LogP contribution in [0.2, 0.25) is 0 Å². The molecule has 0 saturated carbocycles. The Kier molecular flexibility index (Phi) is 2.98. The highest BCUT2D eigenvalue weighted by atomic mass is 14.3. The van der Waals surface area contributed by atoms with Crippen LogP contribution in [0.25, 0.3) is 66.1 Å². The number of hydrogen-bond acceptors (Lipinski definition) is 0. The van der Waals surface area contributed by atoms with E-state index in [-0.39, 0.29) is 0 Å². The average molecular weight is 429 g/mol. The van der Waals surface area contributed by atoms with E-state index in [9.17, 15) is 0 Å². The van der Waals surface area contributed by atoms with Gasteiger partial charge in [-0.25, -0.2) is 0 Å². The molecule has 0 unspecified atom stereocenters. The normalized spacial score (nSPS) is 13.6. The lowest BCUT2D eigenvalue weighted by Crippen LogP contribution is -1.87. The van der Waals surface area contributed by atoms with E-state index in [1.807, 2.05) is 0 Å². The number of rotatable bonds is 0. The van der Waals surface area contributed by atoms with Gasteiger partial charge in [-0.05, 0) is 119 Å². The molecule has 0 heterocycles. The highest BCUT2D eigenvalue weighted by Gasteiger charge is 2.30. The van der Waals surface area contributed by atoms with Crippen molar-refractivity contribution in [3.05, 3.63) is 119 Å². The second kappa shape index (κ2) is 5.85. The first kappa shape index (κ1) is 17.3. The molecule has 3 aliphatic carbocycles. The van der Waals surface area contributed by atoms with E-state index in [4.69, 9.17) is 0 Å². The zero-order valence-corrected chi connectivity index (χ0v) is 18.7. The van der Waals surface area contributed by atoms with Gasteiger partial charge in [-0.3, -0.25) is 0 Å². The Labute approximate surface area is 198 Å². The number of benzene rings is 6. The summed E-state index contributed by atoms with van der Waals surface area (Å²) in [6.45, 7) is 0. The first-order chi connectivity index (χ1) is 16.8. The third-order valence-corrected chi connectivity index (χ3v) is 8.40. The predicted molar refractivity (Wildman–Crippen MR) is 142 cm³/mol. The van der Waals surface area contributed by atoms with Gasteiger partial charge in [-0.15, -0.1) is 0 Å². The molecule has 0 spiro atoms. The molecule has 0 saturated heterocycles. The molecular formula is C34H20. The lowest BCUT2D eigenvalue weighted by molar-refractivity contribution is 1.24. The molecule has 0 nitrogen and oxygen atoms in total. The van der Waals surface area contributed by atoms with Gasteiger partial charge in [0, 0.05) is 0 Å². The summed E-state index contributed by atoms with van der Waals surface area (Å²) in [5.74, 6) is 0. The van der Waals surface area contributed by atoms with E-state index < -0.39 is 0 Å². The van der Waals surface area contributed by atoms with Crippen LogP contribution in [-0.4, -0.2) is 0 Å². The summed E-state index contributed by atoms with van der Waals surface area (Å²) in [6, 6.07) is 36.8. The Morgan fingerprint density at radius 2 is 1.00 bits per heavy atom. The van der Waals surface area contributed by atoms with Gasteiger partial charge in [0.2, 0.25) is 0 Å². The molecule has 0 atom stereocenters. The molecule has 0 heteroatoms. The van der Waals surface area contributed by atoms with Crippen LogP contribution in [-0.2, 0) is 12.8 Å². The van der Waals surface area contributed by atoms with Crippen molar-refractivity contribution in [2.75, 3.05) is 0 Å². The van der Waals surface area contributed by atoms with Gasteiger partial charge in [-0.1, -0.05) is 78.9 Å². The Morgan fingerprint density at radius 1 is 0.382 bits per heavy atom. The Hall–Kier alpha value is -4.16. The van der Waals surface area contributed by atoms with Crippen LogP contribution < -0.4 is 0 Å². The molecule has 156 valence electrons. The van der Waals surface area contributed by atoms with E-state index >= 15 is 0 Å². The predicted octanol–water partition coefficient (Wildman–Crippen LogP) is 8.78. The van der Waals surface area contributed by atoms with Gasteiger partial charge in [0.1, 0.15) is 0 Å². The van der Waals surface area contributed by atoms with Gasteiger partial charge in [0.15, 0.2) is 0 Å². The maximum atomic E-state index is 2.52. The first-order valence-electron chi connectivity index (χ1n) is 12.2. The third kappa shape index (κ3) is 1.97. The van der Waals surface area contributed by atoms with Gasteiger partial charge >= 0.3 is 0 Å². The van der Waals surface area contributed by atoms with Crippen molar-refractivity contribution < 1.29 is 0 Å². The monoisotopic (exact) mass is 428 g/mol. The van der Waals surface area contributed by atoms with E-state index in [0.29, 0.717) is 0 Å². The fourth-order valence-electron chi connectivity index (χ4n) is 7.03. The average Bonchev–Trinajstić information content (AvgIpc) is 3.53. The largest absolute Gasteiger partial charge is 0.0616 e. The van der Waals surface area contributed by atoms with Crippen LogP contribution in [0, 0.1) is 0 Å². The van der Waals surface area contributed by atoms with Crippen molar-refractivity contribution >= 4 is 21.5 Å². The summed E-state index contributed by atoms with van der Waals surface area (Å²) in [6.07, 6.45) is 2.05. The zero-order valence-electron chi connectivity index (χ0n) is 18.7. The number of hydrogen-bond donors (Lipinski definition) is 0. The summed E-state index contributed by atoms with van der Waals surface area (Å²) < 4.78 is 0. The van der Waals surface area contributed by atoms with Crippen LogP contribution >= 0.6 is 0 Å². The molecule has 34 heavy (non-hydrogen) atoms. The minimum absolute atomic E-state index is 1.02. The summed E-state index contributed by atoms with van der Waals surface area (Å²) in [5.41, 5.74) is 17.3. The van der Waals surface area contributed by atoms with Crippen molar-refractivity contribution in [1.82, 2.24) is 0 Å². The van der Waals surface area contributed by atoms with E-state index in [2.05, 4.69) is 97.1 Å². The number of fused-ring (bicyclic) bond motifs is 12. The molecule has 6 aromatic carbocycles. The van der Waals surface area contributed by atoms with Crippen LogP contribution in [0.4, 0.5) is 0 Å². The second-order valence-electron chi connectivity index (χ2n) is 10.1. The van der Waals surface area contributed by atoms with E-state index in [1.165, 1.54) is 88.3 Å². The lowest BCUT2D eigenvalue weighted by Gasteiger charge is -2.11. The lowest BCUT2D eigenvalue weighted by atomic mass is 9.92. The molecule has 6 aromatic rings. The highest BCUT2D eigenvalue weighted by Crippen LogP contribution is 2.54. The highest BCUT2D eigenvalue weighted by molar-refractivity contribution is 6.20. The van der Waals surface area contributed by atoms with Gasteiger partial charge in [0.05, 0.1) is 0 Å². The maximum Gasteiger partial charge on any atom is -0.00128 e. The Balaban J connectivity index is 1.32. The minimum Gasteiger partial charge on any atom is -0.0616 e. The molecule has 3 aliphatic rings. The van der Waals surface area contributed by atoms with E-state index in [1.54, 1.807) is 0 Å². The maximum absolute atomic E-state index is 2.52. The van der Waals surface area contributed by atoms with Crippen molar-refractivity contribution in [2.45, 2.75) is 12.8 Å². The van der Waals surface area contributed by atoms with Crippen molar-refractivity contribution in [1.29, 1.82) is 0 Å². The molecule has 0 aromatic heterocycles. The van der Waals surface area contributed by atoms with Crippen molar-refractivity contribution in [2.24, 2.45) is 0 Å². The zero-order chi connectivity index (χ0) is 22.0. The van der Waals surface area contributed by atoms with Crippen LogP contribution in [0.5, 0.6) is 0 Å². The fourth-order valence-corrected chi connectivity index (χ4v) is 7.03. The second-order valence-corrected chi connectivity index (χ2v) is 10.1. The minimum atomic E-state index is 1.02. The van der Waals surface area contributed by atoms with Gasteiger partial charge < -0.3 is 0 Å². The molecule has 0 N–H and O–H groups in total. The van der Waals surface area contributed by atoms with Crippen LogP contribution in [0.15, 0.2) is 97.1 Å². The summed E-state index contributed by atoms with van der Waals surface area (Å²) in [4.78, 5) is 0. The molecule has 0 amide bonds. The molecule has 0 fully saturated rings. The molecule has 0 aliphatic heterocycles. The SMILES string of the molecule is c1ccc2c(c1)-c1cccc3c4c(cc-2c13)Cc1cc2c(cc1-4)Cc1ccc3ccccc3c1-2. The smallest absolute Gasteiger partial charge is 0.00128 e. The summed E-state index contributed by atoms with van der Waals surface area (Å²) >= 11 is 0. The standard InChI is InChI=1S/C34H20/c1-2-7-24-19(6-1)12-13-20-14-21-16-30-22(17-29(21)32(20)24)15-23-18-31-26-9-4-3-8-25(26)27-10-5-11-28(33(23)30)34(27)31/h1-13,16-18H,14-15H2. The van der Waals surface area contributed by atoms with Crippen molar-refractivity contribution in [3.63, 3.8) is 0 Å². The molecular weight excluding hydrogens is 408 g/mol. The van der Waals surface area contributed by atoms with Gasteiger partial charge in [-0.2, -0.15) is 0 Å². The third-order valence-electron chi connectivity index (χ3n) is 8.40. The van der Waals surface area contributed by atoms with Crippen LogP contribution in [0.1, 0.15) is 22.3 Å². The summed E-state index contributed by atoms with van der Waals surface area (Å²) in [5, 5.41) is 5.57. The van der Waals surface area contributed by atoms with Crippen molar-refractivity contribution in [3.8, 4) is 44.5 Å². The quantitative estimate of drug-likeness (QED) is 0.226.